The summed E-state index contributed by atoms with van der Waals surface area (Å²) in [5.74, 6) is -1.21. The summed E-state index contributed by atoms with van der Waals surface area (Å²) in [6, 6.07) is 6.69. The van der Waals surface area contributed by atoms with Crippen molar-refractivity contribution in [2.45, 2.75) is 19.9 Å². The van der Waals surface area contributed by atoms with Gasteiger partial charge in [0.15, 0.2) is 0 Å². The molecule has 0 radical (unpaired) electrons. The second-order valence-electron chi connectivity index (χ2n) is 3.84. The number of hydrogen-bond donors (Lipinski definition) is 0. The van der Waals surface area contributed by atoms with Crippen LogP contribution >= 0.6 is 15.9 Å². The fraction of sp³-hybridized carbons (Fsp3) is 0.333. The van der Waals surface area contributed by atoms with Crippen molar-refractivity contribution in [3.05, 3.63) is 34.3 Å². The molecule has 17 heavy (non-hydrogen) atoms. The zero-order valence-corrected chi connectivity index (χ0v) is 13.8. The number of halogens is 1. The summed E-state index contributed by atoms with van der Waals surface area (Å²) in [7, 11) is 0. The molecule has 86 valence electrons. The molecular weight excluding hydrogens is 293 g/mol. The van der Waals surface area contributed by atoms with Gasteiger partial charge in [-0.1, -0.05) is 41.9 Å². The van der Waals surface area contributed by atoms with Crippen molar-refractivity contribution in [1.82, 2.24) is 0 Å². The summed E-state index contributed by atoms with van der Waals surface area (Å²) in [5, 5.41) is 10.8. The van der Waals surface area contributed by atoms with Crippen LogP contribution in [0.3, 0.4) is 0 Å². The number of nitrogens with zero attached hydrogens (tertiary/aromatic N) is 1. The van der Waals surface area contributed by atoms with Crippen LogP contribution in [0.15, 0.2) is 33.7 Å². The standard InChI is InChI=1S/C12H14BrNO2.Na/c1-8(2)11(12(15)16)14-7-9-3-5-10(13)6-4-9;/h3-8,11H,1-2H3,(H,15,16);/q;+1/p-1. The molecule has 1 atom stereocenters. The molecule has 0 bridgehead atoms. The Morgan fingerprint density at radius 2 is 1.88 bits per heavy atom. The van der Waals surface area contributed by atoms with E-state index >= 15 is 0 Å². The molecule has 1 rings (SSSR count). The average Bonchev–Trinajstić information content (AvgIpc) is 2.20. The summed E-state index contributed by atoms with van der Waals surface area (Å²) in [5.41, 5.74) is 0.870. The predicted molar refractivity (Wildman–Crippen MR) is 65.4 cm³/mol. The molecule has 1 aromatic rings. The summed E-state index contributed by atoms with van der Waals surface area (Å²) in [6.07, 6.45) is 1.56. The van der Waals surface area contributed by atoms with Gasteiger partial charge in [0.25, 0.3) is 0 Å². The maximum atomic E-state index is 10.8. The minimum absolute atomic E-state index is 0. The Bertz CT molecular complexity index is 390. The van der Waals surface area contributed by atoms with E-state index in [2.05, 4.69) is 20.9 Å². The first kappa shape index (κ1) is 16.8. The van der Waals surface area contributed by atoms with Gasteiger partial charge in [-0.25, -0.2) is 0 Å². The second kappa shape index (κ2) is 8.03. The Morgan fingerprint density at radius 1 is 1.35 bits per heavy atom. The largest absolute Gasteiger partial charge is 1.00 e. The molecule has 0 aromatic heterocycles. The Labute approximate surface area is 132 Å². The van der Waals surface area contributed by atoms with Crippen molar-refractivity contribution in [2.24, 2.45) is 10.9 Å². The smallest absolute Gasteiger partial charge is 0.548 e. The Hall–Kier alpha value is -0.160. The van der Waals surface area contributed by atoms with E-state index < -0.39 is 12.0 Å². The number of benzene rings is 1. The molecule has 0 saturated carbocycles. The zero-order valence-electron chi connectivity index (χ0n) is 10.2. The molecule has 0 aliphatic heterocycles. The van der Waals surface area contributed by atoms with Crippen molar-refractivity contribution in [3.8, 4) is 0 Å². The van der Waals surface area contributed by atoms with Gasteiger partial charge in [0.1, 0.15) is 0 Å². The van der Waals surface area contributed by atoms with Crippen molar-refractivity contribution < 1.29 is 39.5 Å². The van der Waals surface area contributed by atoms with Crippen LogP contribution in [0.2, 0.25) is 0 Å². The molecule has 1 aromatic carbocycles. The first-order chi connectivity index (χ1) is 7.50. The fourth-order valence-electron chi connectivity index (χ4n) is 1.22. The molecule has 0 saturated heterocycles. The van der Waals surface area contributed by atoms with Gasteiger partial charge in [0.2, 0.25) is 0 Å². The molecule has 0 heterocycles. The van der Waals surface area contributed by atoms with Crippen LogP contribution in [0.25, 0.3) is 0 Å². The van der Waals surface area contributed by atoms with Gasteiger partial charge in [-0.2, -0.15) is 0 Å². The molecular formula is C12H13BrNNaO2. The fourth-order valence-corrected chi connectivity index (χ4v) is 1.48. The summed E-state index contributed by atoms with van der Waals surface area (Å²) >= 11 is 3.32. The van der Waals surface area contributed by atoms with Crippen LogP contribution < -0.4 is 34.7 Å². The van der Waals surface area contributed by atoms with Crippen LogP contribution in [0.5, 0.6) is 0 Å². The predicted octanol–water partition coefficient (Wildman–Crippen LogP) is -1.35. The molecule has 0 amide bonds. The zero-order chi connectivity index (χ0) is 12.1. The van der Waals surface area contributed by atoms with E-state index in [0.29, 0.717) is 0 Å². The molecule has 0 aliphatic carbocycles. The quantitative estimate of drug-likeness (QED) is 0.510. The van der Waals surface area contributed by atoms with Gasteiger partial charge in [-0.3, -0.25) is 4.99 Å². The first-order valence-electron chi connectivity index (χ1n) is 5.00. The number of carbonyl (C=O) groups is 1. The van der Waals surface area contributed by atoms with E-state index in [1.54, 1.807) is 20.1 Å². The van der Waals surface area contributed by atoms with Crippen molar-refractivity contribution in [3.63, 3.8) is 0 Å². The van der Waals surface area contributed by atoms with Gasteiger partial charge in [0.05, 0.1) is 12.0 Å². The van der Waals surface area contributed by atoms with Crippen molar-refractivity contribution in [2.75, 3.05) is 0 Å². The minimum atomic E-state index is -1.14. The van der Waals surface area contributed by atoms with Crippen LogP contribution in [-0.2, 0) is 4.79 Å². The Kier molecular flexibility index (Phi) is 7.96. The van der Waals surface area contributed by atoms with Crippen molar-refractivity contribution >= 4 is 28.1 Å². The third kappa shape index (κ3) is 5.82. The molecule has 0 N–H and O–H groups in total. The maximum absolute atomic E-state index is 10.8. The monoisotopic (exact) mass is 305 g/mol. The van der Waals surface area contributed by atoms with E-state index in [-0.39, 0.29) is 35.5 Å². The summed E-state index contributed by atoms with van der Waals surface area (Å²) in [4.78, 5) is 14.8. The first-order valence-corrected chi connectivity index (χ1v) is 5.79. The van der Waals surface area contributed by atoms with Gasteiger partial charge in [-0.05, 0) is 23.6 Å². The molecule has 1 unspecified atom stereocenters. The van der Waals surface area contributed by atoms with E-state index in [4.69, 9.17) is 0 Å². The molecule has 0 spiro atoms. The van der Waals surface area contributed by atoms with Gasteiger partial charge >= 0.3 is 29.6 Å². The Balaban J connectivity index is 0.00000256. The maximum Gasteiger partial charge on any atom is 1.00 e. The number of carboxylic acid groups (broad SMARTS) is 1. The number of hydrogen-bond acceptors (Lipinski definition) is 3. The summed E-state index contributed by atoms with van der Waals surface area (Å²) < 4.78 is 0.977. The van der Waals surface area contributed by atoms with Crippen LogP contribution in [0.1, 0.15) is 19.4 Å². The van der Waals surface area contributed by atoms with Gasteiger partial charge < -0.3 is 9.90 Å². The molecule has 5 heteroatoms. The SMILES string of the molecule is CC(C)C(N=Cc1ccc(Br)cc1)C(=O)[O-].[Na+]. The van der Waals surface area contributed by atoms with Crippen LogP contribution in [0, 0.1) is 5.92 Å². The number of carboxylic acids is 1. The topological polar surface area (TPSA) is 52.5 Å². The third-order valence-electron chi connectivity index (χ3n) is 2.13. The number of aliphatic carboxylic acids is 1. The average molecular weight is 306 g/mol. The molecule has 0 fully saturated rings. The van der Waals surface area contributed by atoms with Crippen LogP contribution in [-0.4, -0.2) is 18.2 Å². The minimum Gasteiger partial charge on any atom is -0.548 e. The number of aliphatic imine (C=N–C) groups is 1. The van der Waals surface area contributed by atoms with E-state index in [1.165, 1.54) is 0 Å². The third-order valence-corrected chi connectivity index (χ3v) is 2.66. The van der Waals surface area contributed by atoms with Gasteiger partial charge in [-0.15, -0.1) is 0 Å². The summed E-state index contributed by atoms with van der Waals surface area (Å²) in [6.45, 7) is 3.61. The van der Waals surface area contributed by atoms with Gasteiger partial charge in [0, 0.05) is 10.7 Å². The number of rotatable bonds is 4. The van der Waals surface area contributed by atoms with E-state index in [9.17, 15) is 9.90 Å². The Morgan fingerprint density at radius 3 is 2.29 bits per heavy atom. The normalized spacial score (nSPS) is 12.5. The van der Waals surface area contributed by atoms with E-state index in [1.807, 2.05) is 24.3 Å². The second-order valence-corrected chi connectivity index (χ2v) is 4.75. The van der Waals surface area contributed by atoms with E-state index in [0.717, 1.165) is 10.0 Å². The number of carbonyl (C=O) groups excluding carboxylic acids is 1. The molecule has 3 nitrogen and oxygen atoms in total. The van der Waals surface area contributed by atoms with Crippen LogP contribution in [0.4, 0.5) is 0 Å². The van der Waals surface area contributed by atoms with Crippen molar-refractivity contribution in [1.29, 1.82) is 0 Å². The molecule has 0 aliphatic rings.